The Morgan fingerprint density at radius 1 is 1.15 bits per heavy atom. The Balaban J connectivity index is 0.000000771. The number of carbonyl (C=O) groups is 4. The van der Waals surface area contributed by atoms with Crippen LogP contribution in [0.3, 0.4) is 0 Å². The van der Waals surface area contributed by atoms with Crippen molar-refractivity contribution in [2.24, 2.45) is 4.99 Å². The van der Waals surface area contributed by atoms with Crippen LogP contribution < -0.4 is 26.0 Å². The molecule has 0 aliphatic carbocycles. The number of nitrogens with zero attached hydrogens (tertiary/aromatic N) is 2. The van der Waals surface area contributed by atoms with E-state index in [2.05, 4.69) is 45.9 Å². The Kier molecular flexibility index (Phi) is 12.3. The number of nitrogens with one attached hydrogen (secondary N) is 5. The summed E-state index contributed by atoms with van der Waals surface area (Å²) in [5, 5.41) is 25.5. The maximum Gasteiger partial charge on any atom is 0.490 e. The summed E-state index contributed by atoms with van der Waals surface area (Å²) in [5.41, 5.74) is 1.52. The summed E-state index contributed by atoms with van der Waals surface area (Å²) in [6.45, 7) is -3.42. The quantitative estimate of drug-likeness (QED) is 0.137. The van der Waals surface area contributed by atoms with Crippen molar-refractivity contribution in [3.8, 4) is 5.75 Å². The number of carboxylic acid groups (broad SMARTS) is 1. The van der Waals surface area contributed by atoms with Gasteiger partial charge in [0.05, 0.1) is 56.6 Å². The lowest BCUT2D eigenvalue weighted by molar-refractivity contribution is -0.192. The van der Waals surface area contributed by atoms with Crippen LogP contribution in [0.15, 0.2) is 47.6 Å². The van der Waals surface area contributed by atoms with E-state index in [1.54, 1.807) is 12.3 Å². The molecule has 1 aliphatic heterocycles. The number of guanidine groups is 1. The van der Waals surface area contributed by atoms with Gasteiger partial charge in [-0.1, -0.05) is 12.1 Å². The van der Waals surface area contributed by atoms with Crippen molar-refractivity contribution in [2.75, 3.05) is 32.1 Å². The standard InChI is InChI=1S/C25H26F3N7O5.C2HF3O2/c1-39-22(37)8-18(13-3-2-4-16(5-13)40-24(27)28)33-21(36)12-29-23(38)14-6-19(17-11-32-35-20(17)7-14)34-25-30-9-15(26)10-31-25;3-2(4,5)1(6)7/h2-7,11,15,18,24H,8-10,12H2,1H3,(H,29,38)(H,32,35)(H,33,36)(H2,30,31,34);(H,6,7)/t18-;/m0./s1. The zero-order valence-electron chi connectivity index (χ0n) is 24.2. The average molecular weight is 676 g/mol. The minimum atomic E-state index is -5.08. The number of benzene rings is 2. The minimum absolute atomic E-state index is 0.000336. The number of aromatic nitrogens is 2. The molecule has 1 unspecified atom stereocenters. The predicted molar refractivity (Wildman–Crippen MR) is 152 cm³/mol. The van der Waals surface area contributed by atoms with Crippen molar-refractivity contribution in [3.05, 3.63) is 53.7 Å². The number of carboxylic acids is 1. The van der Waals surface area contributed by atoms with Crippen molar-refractivity contribution < 1.29 is 60.1 Å². The number of esters is 1. The Labute approximate surface area is 260 Å². The van der Waals surface area contributed by atoms with Gasteiger partial charge in [-0.3, -0.25) is 19.5 Å². The summed E-state index contributed by atoms with van der Waals surface area (Å²) in [6.07, 6.45) is -4.91. The SMILES string of the molecule is COC(=O)C[C@H](NC(=O)CNC(=O)c1cc(NC2=NCC(F)CN2)c2cn[nH]c2c1)c1cccc(OC(F)F)c1.O=C(O)C(F)(F)F. The highest BCUT2D eigenvalue weighted by molar-refractivity contribution is 6.07. The molecular weight excluding hydrogens is 648 g/mol. The van der Waals surface area contributed by atoms with Crippen LogP contribution in [-0.2, 0) is 19.1 Å². The fourth-order valence-electron chi connectivity index (χ4n) is 3.93. The molecule has 47 heavy (non-hydrogen) atoms. The average Bonchev–Trinajstić information content (AvgIpc) is 3.49. The van der Waals surface area contributed by atoms with Crippen molar-refractivity contribution in [1.29, 1.82) is 0 Å². The van der Waals surface area contributed by atoms with Gasteiger partial charge in [0.1, 0.15) is 11.9 Å². The van der Waals surface area contributed by atoms with Crippen LogP contribution in [0.1, 0.15) is 28.4 Å². The van der Waals surface area contributed by atoms with Crippen molar-refractivity contribution in [1.82, 2.24) is 26.1 Å². The summed E-state index contributed by atoms with van der Waals surface area (Å²) >= 11 is 0. The number of aliphatic imine (C=N–C) groups is 1. The first-order valence-electron chi connectivity index (χ1n) is 13.3. The first kappa shape index (κ1) is 35.9. The molecule has 1 aliphatic rings. The number of carbonyl (C=O) groups excluding carboxylic acids is 3. The highest BCUT2D eigenvalue weighted by atomic mass is 19.4. The summed E-state index contributed by atoms with van der Waals surface area (Å²) < 4.78 is 79.5. The van der Waals surface area contributed by atoms with Gasteiger partial charge in [-0.2, -0.15) is 27.1 Å². The van der Waals surface area contributed by atoms with E-state index >= 15 is 0 Å². The fourth-order valence-corrected chi connectivity index (χ4v) is 3.93. The van der Waals surface area contributed by atoms with Crippen LogP contribution in [-0.4, -0.2) is 90.7 Å². The molecule has 2 atom stereocenters. The third kappa shape index (κ3) is 11.1. The monoisotopic (exact) mass is 675 g/mol. The van der Waals surface area contributed by atoms with Crippen LogP contribution in [0.5, 0.6) is 5.75 Å². The van der Waals surface area contributed by atoms with E-state index < -0.39 is 55.3 Å². The fraction of sp³-hybridized carbons (Fsp3) is 0.333. The first-order valence-corrected chi connectivity index (χ1v) is 13.3. The van der Waals surface area contributed by atoms with Gasteiger partial charge in [-0.15, -0.1) is 0 Å². The topological polar surface area (TPSA) is 196 Å². The zero-order chi connectivity index (χ0) is 34.7. The zero-order valence-corrected chi connectivity index (χ0v) is 24.2. The van der Waals surface area contributed by atoms with Crippen LogP contribution in [0.2, 0.25) is 0 Å². The number of rotatable bonds is 10. The molecule has 0 saturated carbocycles. The highest BCUT2D eigenvalue weighted by Gasteiger charge is 2.38. The molecule has 6 N–H and O–H groups in total. The van der Waals surface area contributed by atoms with Gasteiger partial charge >= 0.3 is 24.7 Å². The normalized spacial score (nSPS) is 14.9. The third-order valence-electron chi connectivity index (χ3n) is 6.08. The van der Waals surface area contributed by atoms with Crippen LogP contribution in [0.25, 0.3) is 10.9 Å². The summed E-state index contributed by atoms with van der Waals surface area (Å²) in [7, 11) is 1.17. The number of hydrogen-bond donors (Lipinski definition) is 6. The van der Waals surface area contributed by atoms with Gasteiger partial charge < -0.3 is 35.8 Å². The molecular formula is C27H27F6N7O7. The third-order valence-corrected chi connectivity index (χ3v) is 6.08. The summed E-state index contributed by atoms with van der Waals surface area (Å²) in [6, 6.07) is 7.68. The lowest BCUT2D eigenvalue weighted by Crippen LogP contribution is -2.41. The molecule has 14 nitrogen and oxygen atoms in total. The number of H-pyrrole nitrogens is 1. The molecule has 0 bridgehead atoms. The molecule has 2 amide bonds. The maximum atomic E-state index is 13.4. The van der Waals surface area contributed by atoms with E-state index in [-0.39, 0.29) is 30.8 Å². The number of aromatic amines is 1. The smallest absolute Gasteiger partial charge is 0.475 e. The molecule has 4 rings (SSSR count). The number of ether oxygens (including phenoxy) is 2. The van der Waals surface area contributed by atoms with Gasteiger partial charge in [-0.05, 0) is 29.8 Å². The highest BCUT2D eigenvalue weighted by Crippen LogP contribution is 2.25. The second-order valence-electron chi connectivity index (χ2n) is 9.48. The van der Waals surface area contributed by atoms with E-state index in [0.717, 1.165) is 0 Å². The molecule has 0 fully saturated rings. The molecule has 0 radical (unpaired) electrons. The molecule has 254 valence electrons. The van der Waals surface area contributed by atoms with Crippen LogP contribution in [0.4, 0.5) is 32.0 Å². The van der Waals surface area contributed by atoms with E-state index in [1.807, 2.05) is 0 Å². The van der Waals surface area contributed by atoms with Gasteiger partial charge in [0.15, 0.2) is 5.96 Å². The number of halogens is 6. The molecule has 20 heteroatoms. The van der Waals surface area contributed by atoms with Crippen molar-refractivity contribution >= 4 is 46.3 Å². The molecule has 0 saturated heterocycles. The lowest BCUT2D eigenvalue weighted by atomic mass is 10.0. The Hall–Kier alpha value is -5.56. The van der Waals surface area contributed by atoms with Gasteiger partial charge in [0, 0.05) is 10.9 Å². The van der Waals surface area contributed by atoms with Crippen molar-refractivity contribution in [2.45, 2.75) is 31.4 Å². The molecule has 3 aromatic rings. The number of aliphatic carboxylic acids is 1. The van der Waals surface area contributed by atoms with Crippen molar-refractivity contribution in [3.63, 3.8) is 0 Å². The number of fused-ring (bicyclic) bond motifs is 1. The predicted octanol–water partition coefficient (Wildman–Crippen LogP) is 2.66. The Bertz CT molecular complexity index is 1620. The second kappa shape index (κ2) is 16.1. The largest absolute Gasteiger partial charge is 0.490 e. The Morgan fingerprint density at radius 2 is 1.87 bits per heavy atom. The van der Waals surface area contributed by atoms with Gasteiger partial charge in [-0.25, -0.2) is 14.2 Å². The van der Waals surface area contributed by atoms with E-state index in [0.29, 0.717) is 28.1 Å². The first-order chi connectivity index (χ1) is 22.2. The molecule has 0 spiro atoms. The Morgan fingerprint density at radius 3 is 2.49 bits per heavy atom. The molecule has 1 aromatic heterocycles. The van der Waals surface area contributed by atoms with Crippen LogP contribution >= 0.6 is 0 Å². The second-order valence-corrected chi connectivity index (χ2v) is 9.48. The lowest BCUT2D eigenvalue weighted by Gasteiger charge is -2.20. The summed E-state index contributed by atoms with van der Waals surface area (Å²) in [4.78, 5) is 50.5. The van der Waals surface area contributed by atoms with Gasteiger partial charge in [0.25, 0.3) is 5.91 Å². The van der Waals surface area contributed by atoms with E-state index in [9.17, 15) is 40.7 Å². The number of alkyl halides is 6. The summed E-state index contributed by atoms with van der Waals surface area (Å²) in [5.74, 6) is -4.46. The number of anilines is 1. The molecule has 2 aromatic carbocycles. The number of amides is 2. The molecule has 2 heterocycles. The maximum absolute atomic E-state index is 13.4. The number of methoxy groups -OCH3 is 1. The van der Waals surface area contributed by atoms with E-state index in [1.165, 1.54) is 37.4 Å². The minimum Gasteiger partial charge on any atom is -0.475 e. The van der Waals surface area contributed by atoms with Crippen LogP contribution in [0, 0.1) is 0 Å². The van der Waals surface area contributed by atoms with Gasteiger partial charge in [0.2, 0.25) is 5.91 Å². The van der Waals surface area contributed by atoms with E-state index in [4.69, 9.17) is 9.90 Å². The number of hydrogen-bond acceptors (Lipinski definition) is 10.